The number of rotatable bonds is 10. The molecule has 0 unspecified atom stereocenters. The van der Waals surface area contributed by atoms with E-state index in [9.17, 15) is 10.2 Å². The van der Waals surface area contributed by atoms with Crippen molar-refractivity contribution in [1.82, 2.24) is 5.32 Å². The highest BCUT2D eigenvalue weighted by atomic mass is 16.3. The Balaban J connectivity index is 1.42. The van der Waals surface area contributed by atoms with Crippen molar-refractivity contribution in [2.45, 2.75) is 90.4 Å². The van der Waals surface area contributed by atoms with Crippen LogP contribution in [0.3, 0.4) is 0 Å². The highest BCUT2D eigenvalue weighted by Gasteiger charge is 2.43. The molecule has 0 radical (unpaired) electrons. The number of aryl methyl sites for hydroxylation is 1. The van der Waals surface area contributed by atoms with Crippen LogP contribution in [0.5, 0.6) is 0 Å². The van der Waals surface area contributed by atoms with E-state index in [0.29, 0.717) is 18.3 Å². The van der Waals surface area contributed by atoms with Gasteiger partial charge in [0.2, 0.25) is 0 Å². The third-order valence-corrected chi connectivity index (χ3v) is 6.86. The molecule has 1 aromatic carbocycles. The number of benzene rings is 1. The minimum atomic E-state index is -0.497. The molecule has 0 bridgehead atoms. The van der Waals surface area contributed by atoms with Crippen LogP contribution in [0.25, 0.3) is 0 Å². The van der Waals surface area contributed by atoms with Gasteiger partial charge in [-0.2, -0.15) is 0 Å². The van der Waals surface area contributed by atoms with Crippen molar-refractivity contribution >= 4 is 0 Å². The van der Waals surface area contributed by atoms with Gasteiger partial charge in [-0.1, -0.05) is 60.1 Å². The maximum atomic E-state index is 10.6. The molecule has 31 heavy (non-hydrogen) atoms. The fraction of sp³-hybridized carbons (Fsp3) is 0.643. The van der Waals surface area contributed by atoms with E-state index in [1.165, 1.54) is 31.2 Å². The lowest BCUT2D eigenvalue weighted by atomic mass is 9.88. The molecule has 0 aromatic heterocycles. The highest BCUT2D eigenvalue weighted by Crippen LogP contribution is 2.48. The van der Waals surface area contributed by atoms with Gasteiger partial charge in [0.05, 0.1) is 12.2 Å². The minimum Gasteiger partial charge on any atom is -0.392 e. The second-order valence-electron chi connectivity index (χ2n) is 10.9. The Labute approximate surface area is 189 Å². The van der Waals surface area contributed by atoms with Crippen LogP contribution < -0.4 is 5.32 Å². The smallest absolute Gasteiger partial charge is 0.0761 e. The Bertz CT molecular complexity index is 761. The predicted molar refractivity (Wildman–Crippen MR) is 130 cm³/mol. The summed E-state index contributed by atoms with van der Waals surface area (Å²) in [5.41, 5.74) is 4.18. The Morgan fingerprint density at radius 1 is 1.19 bits per heavy atom. The van der Waals surface area contributed by atoms with Gasteiger partial charge in [-0.05, 0) is 83.7 Å². The standard InChI is InChI=1S/C28H43NO2/c1-20-9-8-11-21(15-20)17-24(30)12-13-25-26-18-22(16-23(26)19-27(25)31)10-6-5-7-14-29-28(2,3)4/h8-9,11-13,15-16,23-27,29-31H,5-7,10,14,17-19H2,1-4H3/t23-,24-,25+,26-,27+/m0/s1. The van der Waals surface area contributed by atoms with E-state index in [1.54, 1.807) is 5.57 Å². The SMILES string of the molecule is Cc1cccc(C[C@@H](O)C=C[C@@H]2[C@H]3CC(CCCCCNC(C)(C)C)=C[C@H]3C[C@H]2O)c1. The Morgan fingerprint density at radius 3 is 2.74 bits per heavy atom. The van der Waals surface area contributed by atoms with Crippen molar-refractivity contribution in [1.29, 1.82) is 0 Å². The molecule has 3 heteroatoms. The average Bonchev–Trinajstić information content (AvgIpc) is 3.18. The maximum absolute atomic E-state index is 10.6. The molecule has 0 spiro atoms. The Morgan fingerprint density at radius 2 is 2.00 bits per heavy atom. The first-order valence-corrected chi connectivity index (χ1v) is 12.3. The van der Waals surface area contributed by atoms with Crippen LogP contribution in [0.1, 0.15) is 70.4 Å². The summed E-state index contributed by atoms with van der Waals surface area (Å²) in [5.74, 6) is 1.19. The van der Waals surface area contributed by atoms with Crippen LogP contribution in [0.2, 0.25) is 0 Å². The normalized spacial score (nSPS) is 27.0. The van der Waals surface area contributed by atoms with Crippen LogP contribution in [-0.4, -0.2) is 34.5 Å². The van der Waals surface area contributed by atoms with Crippen molar-refractivity contribution in [2.75, 3.05) is 6.54 Å². The molecule has 3 N–H and O–H groups in total. The summed E-state index contributed by atoms with van der Waals surface area (Å²) in [5, 5.41) is 24.6. The van der Waals surface area contributed by atoms with Gasteiger partial charge in [0.25, 0.3) is 0 Å². The molecular formula is C28H43NO2. The zero-order valence-corrected chi connectivity index (χ0v) is 20.0. The number of allylic oxidation sites excluding steroid dienone is 2. The van der Waals surface area contributed by atoms with Gasteiger partial charge in [0, 0.05) is 17.9 Å². The fourth-order valence-corrected chi connectivity index (χ4v) is 5.31. The number of aliphatic hydroxyl groups is 2. The summed E-state index contributed by atoms with van der Waals surface area (Å²) in [6.07, 6.45) is 13.3. The number of fused-ring (bicyclic) bond motifs is 1. The second kappa shape index (κ2) is 10.9. The summed E-state index contributed by atoms with van der Waals surface area (Å²) in [7, 11) is 0. The van der Waals surface area contributed by atoms with Crippen LogP contribution in [0, 0.1) is 24.7 Å². The number of hydrogen-bond donors (Lipinski definition) is 3. The summed E-state index contributed by atoms with van der Waals surface area (Å²) in [4.78, 5) is 0. The largest absolute Gasteiger partial charge is 0.392 e. The van der Waals surface area contributed by atoms with Crippen LogP contribution in [0.15, 0.2) is 48.1 Å². The van der Waals surface area contributed by atoms with Crippen molar-refractivity contribution in [2.24, 2.45) is 17.8 Å². The molecule has 0 heterocycles. The van der Waals surface area contributed by atoms with Gasteiger partial charge >= 0.3 is 0 Å². The van der Waals surface area contributed by atoms with Gasteiger partial charge < -0.3 is 15.5 Å². The van der Waals surface area contributed by atoms with Gasteiger partial charge in [-0.25, -0.2) is 0 Å². The average molecular weight is 426 g/mol. The third kappa shape index (κ3) is 7.59. The lowest BCUT2D eigenvalue weighted by Gasteiger charge is -2.20. The molecule has 3 nitrogen and oxygen atoms in total. The van der Waals surface area contributed by atoms with Crippen LogP contribution in [0.4, 0.5) is 0 Å². The van der Waals surface area contributed by atoms with E-state index in [-0.39, 0.29) is 17.6 Å². The first kappa shape index (κ1) is 24.2. The van der Waals surface area contributed by atoms with Gasteiger partial charge in [0.1, 0.15) is 0 Å². The third-order valence-electron chi connectivity index (χ3n) is 6.86. The van der Waals surface area contributed by atoms with Gasteiger partial charge in [-0.3, -0.25) is 0 Å². The monoisotopic (exact) mass is 425 g/mol. The van der Waals surface area contributed by atoms with E-state index in [2.05, 4.69) is 63.4 Å². The minimum absolute atomic E-state index is 0.168. The molecule has 3 rings (SSSR count). The number of hydrogen-bond acceptors (Lipinski definition) is 3. The van der Waals surface area contributed by atoms with Crippen LogP contribution in [-0.2, 0) is 6.42 Å². The summed E-state index contributed by atoms with van der Waals surface area (Å²) >= 11 is 0. The summed E-state index contributed by atoms with van der Waals surface area (Å²) in [6, 6.07) is 8.31. The number of unbranched alkanes of at least 4 members (excludes halogenated alkanes) is 2. The first-order chi connectivity index (χ1) is 14.7. The maximum Gasteiger partial charge on any atom is 0.0761 e. The molecule has 1 aromatic rings. The van der Waals surface area contributed by atoms with E-state index >= 15 is 0 Å². The molecule has 0 amide bonds. The molecule has 1 fully saturated rings. The van der Waals surface area contributed by atoms with E-state index < -0.39 is 6.10 Å². The quantitative estimate of drug-likeness (QED) is 0.350. The Kier molecular flexibility index (Phi) is 8.55. The Hall–Kier alpha value is -1.42. The lowest BCUT2D eigenvalue weighted by molar-refractivity contribution is 0.140. The zero-order valence-electron chi connectivity index (χ0n) is 20.0. The predicted octanol–water partition coefficient (Wildman–Crippen LogP) is 5.35. The molecule has 0 aliphatic heterocycles. The van der Waals surface area contributed by atoms with Crippen molar-refractivity contribution in [3.63, 3.8) is 0 Å². The van der Waals surface area contributed by atoms with Crippen molar-refractivity contribution in [3.05, 3.63) is 59.2 Å². The van der Waals surface area contributed by atoms with Gasteiger partial charge in [-0.15, -0.1) is 0 Å². The molecule has 1 saturated carbocycles. The molecular weight excluding hydrogens is 382 g/mol. The summed E-state index contributed by atoms with van der Waals surface area (Å²) < 4.78 is 0. The highest BCUT2D eigenvalue weighted by molar-refractivity contribution is 5.24. The molecule has 2 aliphatic rings. The van der Waals surface area contributed by atoms with Crippen LogP contribution >= 0.6 is 0 Å². The van der Waals surface area contributed by atoms with Crippen molar-refractivity contribution in [3.8, 4) is 0 Å². The molecule has 5 atom stereocenters. The van der Waals surface area contributed by atoms with E-state index in [0.717, 1.165) is 24.9 Å². The number of aliphatic hydroxyl groups excluding tert-OH is 2. The summed E-state index contributed by atoms with van der Waals surface area (Å²) in [6.45, 7) is 9.83. The molecule has 172 valence electrons. The molecule has 0 saturated heterocycles. The molecule has 2 aliphatic carbocycles. The van der Waals surface area contributed by atoms with E-state index in [4.69, 9.17) is 0 Å². The lowest BCUT2D eigenvalue weighted by Crippen LogP contribution is -2.36. The topological polar surface area (TPSA) is 52.5 Å². The van der Waals surface area contributed by atoms with Crippen molar-refractivity contribution < 1.29 is 10.2 Å². The van der Waals surface area contributed by atoms with E-state index in [1.807, 2.05) is 12.1 Å². The fourth-order valence-electron chi connectivity index (χ4n) is 5.31. The number of nitrogens with one attached hydrogen (secondary N) is 1. The van der Waals surface area contributed by atoms with Gasteiger partial charge in [0.15, 0.2) is 0 Å². The zero-order chi connectivity index (χ0) is 22.4. The second-order valence-corrected chi connectivity index (χ2v) is 10.9. The first-order valence-electron chi connectivity index (χ1n) is 12.3.